The summed E-state index contributed by atoms with van der Waals surface area (Å²) in [6.07, 6.45) is 7.90. The molecule has 0 radical (unpaired) electrons. The molecule has 3 nitrogen and oxygen atoms in total. The fraction of sp³-hybridized carbons (Fsp3) is 0.688. The van der Waals surface area contributed by atoms with Crippen molar-refractivity contribution in [2.75, 3.05) is 11.9 Å². The van der Waals surface area contributed by atoms with Crippen LogP contribution in [0.4, 0.5) is 5.82 Å². The Morgan fingerprint density at radius 2 is 2.32 bits per heavy atom. The highest BCUT2D eigenvalue weighted by Gasteiger charge is 2.28. The van der Waals surface area contributed by atoms with Gasteiger partial charge >= 0.3 is 0 Å². The van der Waals surface area contributed by atoms with Crippen LogP contribution in [0.3, 0.4) is 0 Å². The van der Waals surface area contributed by atoms with Crippen molar-refractivity contribution in [3.63, 3.8) is 0 Å². The molecule has 0 amide bonds. The van der Waals surface area contributed by atoms with E-state index in [0.717, 1.165) is 24.6 Å². The molecule has 0 bridgehead atoms. The van der Waals surface area contributed by atoms with Crippen LogP contribution >= 0.6 is 0 Å². The van der Waals surface area contributed by atoms with Gasteiger partial charge in [0.25, 0.3) is 0 Å². The van der Waals surface area contributed by atoms with Crippen LogP contribution in [0.2, 0.25) is 0 Å². The monoisotopic (exact) mass is 262 g/mol. The molecule has 1 aliphatic carbocycles. The molecule has 1 aliphatic rings. The lowest BCUT2D eigenvalue weighted by Gasteiger charge is -2.36. The van der Waals surface area contributed by atoms with Gasteiger partial charge in [-0.25, -0.2) is 4.98 Å². The van der Waals surface area contributed by atoms with Gasteiger partial charge in [-0.1, -0.05) is 27.2 Å². The van der Waals surface area contributed by atoms with Crippen molar-refractivity contribution < 1.29 is 4.74 Å². The first-order valence-electron chi connectivity index (χ1n) is 7.45. The average Bonchev–Trinajstić information content (AvgIpc) is 2.36. The Kier molecular flexibility index (Phi) is 4.67. The third kappa shape index (κ3) is 4.12. The minimum atomic E-state index is 0.440. The van der Waals surface area contributed by atoms with Crippen LogP contribution < -0.4 is 10.1 Å². The molecule has 1 N–H and O–H groups in total. The van der Waals surface area contributed by atoms with E-state index in [4.69, 9.17) is 4.74 Å². The first kappa shape index (κ1) is 14.2. The molecule has 19 heavy (non-hydrogen) atoms. The number of anilines is 1. The smallest absolute Gasteiger partial charge is 0.168 e. The predicted octanol–water partition coefficient (Wildman–Crippen LogP) is 4.25. The van der Waals surface area contributed by atoms with E-state index >= 15 is 0 Å². The Bertz CT molecular complexity index is 403. The normalized spacial score (nSPS) is 21.9. The van der Waals surface area contributed by atoms with Gasteiger partial charge < -0.3 is 10.1 Å². The number of nitrogens with zero attached hydrogens (tertiary/aromatic N) is 1. The number of pyridine rings is 1. The number of aromatic nitrogens is 1. The Balaban J connectivity index is 2.02. The highest BCUT2D eigenvalue weighted by molar-refractivity contribution is 5.50. The number of nitrogens with one attached hydrogen (secondary N) is 1. The van der Waals surface area contributed by atoms with Gasteiger partial charge in [-0.2, -0.15) is 0 Å². The van der Waals surface area contributed by atoms with E-state index in [0.29, 0.717) is 11.5 Å². The lowest BCUT2D eigenvalue weighted by atomic mass is 9.75. The fourth-order valence-electron chi connectivity index (χ4n) is 2.84. The predicted molar refractivity (Wildman–Crippen MR) is 79.7 cm³/mol. The Labute approximate surface area is 116 Å². The maximum Gasteiger partial charge on any atom is 0.168 e. The van der Waals surface area contributed by atoms with Crippen molar-refractivity contribution in [3.8, 4) is 5.75 Å². The van der Waals surface area contributed by atoms with Crippen LogP contribution in [0.5, 0.6) is 5.75 Å². The van der Waals surface area contributed by atoms with Gasteiger partial charge in [-0.15, -0.1) is 0 Å². The lowest BCUT2D eigenvalue weighted by molar-refractivity contribution is 0.228. The van der Waals surface area contributed by atoms with Crippen molar-refractivity contribution in [1.82, 2.24) is 4.98 Å². The molecular weight excluding hydrogens is 236 g/mol. The zero-order valence-electron chi connectivity index (χ0n) is 12.4. The topological polar surface area (TPSA) is 34.1 Å². The maximum atomic E-state index is 5.75. The molecule has 1 saturated carbocycles. The zero-order chi connectivity index (χ0) is 13.7. The Hall–Kier alpha value is -1.25. The van der Waals surface area contributed by atoms with Gasteiger partial charge in [0.15, 0.2) is 11.6 Å². The summed E-state index contributed by atoms with van der Waals surface area (Å²) < 4.78 is 5.75. The molecule has 1 aromatic heterocycles. The van der Waals surface area contributed by atoms with E-state index < -0.39 is 0 Å². The summed E-state index contributed by atoms with van der Waals surface area (Å²) >= 11 is 0. The van der Waals surface area contributed by atoms with E-state index in [2.05, 4.69) is 31.1 Å². The van der Waals surface area contributed by atoms with Crippen molar-refractivity contribution in [2.24, 2.45) is 5.41 Å². The quantitative estimate of drug-likeness (QED) is 0.861. The lowest BCUT2D eigenvalue weighted by Crippen LogP contribution is -2.32. The molecule has 3 heteroatoms. The molecule has 2 rings (SSSR count). The summed E-state index contributed by atoms with van der Waals surface area (Å²) in [5.41, 5.74) is 0.440. The number of hydrogen-bond acceptors (Lipinski definition) is 3. The molecule has 1 atom stereocenters. The molecular formula is C16H26N2O. The summed E-state index contributed by atoms with van der Waals surface area (Å²) in [5.74, 6) is 1.78. The van der Waals surface area contributed by atoms with Crippen LogP contribution in [0.1, 0.15) is 52.9 Å². The largest absolute Gasteiger partial charge is 0.490 e. The van der Waals surface area contributed by atoms with E-state index in [1.54, 1.807) is 0 Å². The second kappa shape index (κ2) is 6.27. The van der Waals surface area contributed by atoms with Crippen LogP contribution in [0.15, 0.2) is 18.3 Å². The Morgan fingerprint density at radius 1 is 1.47 bits per heavy atom. The van der Waals surface area contributed by atoms with Crippen LogP contribution in [0.25, 0.3) is 0 Å². The second-order valence-corrected chi connectivity index (χ2v) is 6.30. The summed E-state index contributed by atoms with van der Waals surface area (Å²) in [7, 11) is 0. The molecule has 0 aromatic carbocycles. The van der Waals surface area contributed by atoms with Crippen molar-refractivity contribution >= 4 is 5.82 Å². The van der Waals surface area contributed by atoms with Crippen LogP contribution in [-0.4, -0.2) is 17.6 Å². The maximum absolute atomic E-state index is 5.75. The summed E-state index contributed by atoms with van der Waals surface area (Å²) in [6.45, 7) is 7.57. The standard InChI is InChI=1S/C16H26N2O/c1-4-11-19-14-8-6-10-17-15(14)18-13-7-5-9-16(2,3)12-13/h6,8,10,13H,4-5,7,9,11-12H2,1-3H3,(H,17,18). The highest BCUT2D eigenvalue weighted by atomic mass is 16.5. The summed E-state index contributed by atoms with van der Waals surface area (Å²) in [5, 5.41) is 3.58. The molecule has 0 saturated heterocycles. The molecule has 1 fully saturated rings. The van der Waals surface area contributed by atoms with Crippen LogP contribution in [-0.2, 0) is 0 Å². The second-order valence-electron chi connectivity index (χ2n) is 6.30. The number of hydrogen-bond donors (Lipinski definition) is 1. The zero-order valence-corrected chi connectivity index (χ0v) is 12.4. The first-order valence-corrected chi connectivity index (χ1v) is 7.45. The Morgan fingerprint density at radius 3 is 3.05 bits per heavy atom. The highest BCUT2D eigenvalue weighted by Crippen LogP contribution is 2.37. The van der Waals surface area contributed by atoms with Gasteiger partial charge in [0.1, 0.15) is 0 Å². The van der Waals surface area contributed by atoms with Gasteiger partial charge in [0.05, 0.1) is 6.61 Å². The molecule has 1 heterocycles. The van der Waals surface area contributed by atoms with E-state index in [1.165, 1.54) is 25.7 Å². The SMILES string of the molecule is CCCOc1cccnc1NC1CCCC(C)(C)C1. The molecule has 0 spiro atoms. The number of ether oxygens (including phenoxy) is 1. The summed E-state index contributed by atoms with van der Waals surface area (Å²) in [4.78, 5) is 4.44. The summed E-state index contributed by atoms with van der Waals surface area (Å²) in [6, 6.07) is 4.45. The van der Waals surface area contributed by atoms with E-state index in [1.807, 2.05) is 18.3 Å². The third-order valence-corrected chi connectivity index (χ3v) is 3.78. The van der Waals surface area contributed by atoms with E-state index in [9.17, 15) is 0 Å². The van der Waals surface area contributed by atoms with Crippen molar-refractivity contribution in [1.29, 1.82) is 0 Å². The van der Waals surface area contributed by atoms with E-state index in [-0.39, 0.29) is 0 Å². The average molecular weight is 262 g/mol. The van der Waals surface area contributed by atoms with Gasteiger partial charge in [-0.05, 0) is 43.2 Å². The number of rotatable bonds is 5. The van der Waals surface area contributed by atoms with Gasteiger partial charge in [-0.3, -0.25) is 0 Å². The minimum Gasteiger partial charge on any atom is -0.490 e. The first-order chi connectivity index (χ1) is 9.11. The molecule has 106 valence electrons. The minimum absolute atomic E-state index is 0.440. The fourth-order valence-corrected chi connectivity index (χ4v) is 2.84. The van der Waals surface area contributed by atoms with Gasteiger partial charge in [0.2, 0.25) is 0 Å². The van der Waals surface area contributed by atoms with Crippen molar-refractivity contribution in [2.45, 2.75) is 58.9 Å². The van der Waals surface area contributed by atoms with Crippen molar-refractivity contribution in [3.05, 3.63) is 18.3 Å². The third-order valence-electron chi connectivity index (χ3n) is 3.78. The molecule has 1 aromatic rings. The van der Waals surface area contributed by atoms with Crippen LogP contribution in [0, 0.1) is 5.41 Å². The van der Waals surface area contributed by atoms with Gasteiger partial charge in [0, 0.05) is 12.2 Å². The molecule has 0 aliphatic heterocycles. The molecule has 1 unspecified atom stereocenters.